The summed E-state index contributed by atoms with van der Waals surface area (Å²) >= 11 is 0. The summed E-state index contributed by atoms with van der Waals surface area (Å²) in [6, 6.07) is 0. The Morgan fingerprint density at radius 1 is 1.32 bits per heavy atom. The van der Waals surface area contributed by atoms with Crippen molar-refractivity contribution in [2.45, 2.75) is 59.1 Å². The number of aryl methyl sites for hydroxylation is 1. The fourth-order valence-electron chi connectivity index (χ4n) is 2.99. The third-order valence-electron chi connectivity index (χ3n) is 4.55. The lowest BCUT2D eigenvalue weighted by Gasteiger charge is -2.17. The minimum atomic E-state index is -0.642. The van der Waals surface area contributed by atoms with E-state index < -0.39 is 17.4 Å². The predicted octanol–water partition coefficient (Wildman–Crippen LogP) is 1.43. The van der Waals surface area contributed by atoms with Crippen molar-refractivity contribution in [3.05, 3.63) is 20.8 Å². The van der Waals surface area contributed by atoms with Crippen molar-refractivity contribution in [1.82, 2.24) is 19.1 Å². The average Bonchev–Trinajstić information content (AvgIpc) is 2.91. The van der Waals surface area contributed by atoms with Gasteiger partial charge in [-0.3, -0.25) is 14.3 Å². The number of aliphatic hydroxyl groups is 1. The minimum absolute atomic E-state index is 0.228. The maximum atomic E-state index is 12.3. The van der Waals surface area contributed by atoms with Crippen molar-refractivity contribution in [2.75, 3.05) is 11.9 Å². The van der Waals surface area contributed by atoms with E-state index >= 15 is 0 Å². The Labute approximate surface area is 146 Å². The molecule has 0 bridgehead atoms. The summed E-state index contributed by atoms with van der Waals surface area (Å²) in [6.45, 7) is 6.96. The second-order valence-corrected chi connectivity index (χ2v) is 6.68. The number of nitrogens with zero attached hydrogens (tertiary/aromatic N) is 3. The molecule has 0 fully saturated rings. The molecule has 25 heavy (non-hydrogen) atoms. The average molecular weight is 351 g/mol. The summed E-state index contributed by atoms with van der Waals surface area (Å²) in [5, 5.41) is 13.1. The van der Waals surface area contributed by atoms with E-state index in [2.05, 4.69) is 29.1 Å². The van der Waals surface area contributed by atoms with Gasteiger partial charge in [0.15, 0.2) is 11.2 Å². The number of aromatic nitrogens is 4. The lowest BCUT2D eigenvalue weighted by Crippen LogP contribution is -2.29. The van der Waals surface area contributed by atoms with Gasteiger partial charge in [-0.05, 0) is 19.3 Å². The van der Waals surface area contributed by atoms with Gasteiger partial charge in [0, 0.05) is 13.6 Å². The number of unbranched alkanes of at least 4 members (excludes halogenated alkanes) is 1. The molecule has 0 saturated heterocycles. The van der Waals surface area contributed by atoms with Crippen LogP contribution in [0.25, 0.3) is 11.2 Å². The van der Waals surface area contributed by atoms with Crippen LogP contribution in [0.5, 0.6) is 0 Å². The molecule has 3 N–H and O–H groups in total. The van der Waals surface area contributed by atoms with Crippen LogP contribution in [0.3, 0.4) is 0 Å². The van der Waals surface area contributed by atoms with E-state index in [0.29, 0.717) is 23.0 Å². The van der Waals surface area contributed by atoms with E-state index in [1.54, 1.807) is 18.5 Å². The molecule has 0 saturated carbocycles. The predicted molar refractivity (Wildman–Crippen MR) is 99.1 cm³/mol. The van der Waals surface area contributed by atoms with Crippen LogP contribution >= 0.6 is 0 Å². The fourth-order valence-corrected chi connectivity index (χ4v) is 2.99. The third-order valence-corrected chi connectivity index (χ3v) is 4.55. The number of anilines is 1. The molecule has 8 heteroatoms. The van der Waals surface area contributed by atoms with Crippen molar-refractivity contribution >= 4 is 17.1 Å². The normalized spacial score (nSPS) is 14.0. The van der Waals surface area contributed by atoms with Gasteiger partial charge < -0.3 is 15.0 Å². The molecule has 140 valence electrons. The van der Waals surface area contributed by atoms with E-state index in [9.17, 15) is 14.7 Å². The van der Waals surface area contributed by atoms with Crippen LogP contribution in [0.1, 0.15) is 46.5 Å². The molecule has 2 heterocycles. The molecular formula is C17H29N5O3. The quantitative estimate of drug-likeness (QED) is 0.634. The van der Waals surface area contributed by atoms with Gasteiger partial charge in [-0.2, -0.15) is 4.98 Å². The molecule has 8 nitrogen and oxygen atoms in total. The molecule has 2 aromatic rings. The first-order valence-corrected chi connectivity index (χ1v) is 9.00. The Morgan fingerprint density at radius 3 is 2.64 bits per heavy atom. The molecule has 0 aliphatic heterocycles. The monoisotopic (exact) mass is 351 g/mol. The van der Waals surface area contributed by atoms with Gasteiger partial charge in [-0.15, -0.1) is 0 Å². The van der Waals surface area contributed by atoms with Gasteiger partial charge >= 0.3 is 5.69 Å². The highest BCUT2D eigenvalue weighted by molar-refractivity contribution is 5.74. The topological polar surface area (TPSA) is 105 Å². The minimum Gasteiger partial charge on any atom is -0.392 e. The van der Waals surface area contributed by atoms with Crippen molar-refractivity contribution < 1.29 is 5.11 Å². The van der Waals surface area contributed by atoms with Crippen LogP contribution in [-0.2, 0) is 13.6 Å². The highest BCUT2D eigenvalue weighted by atomic mass is 16.3. The van der Waals surface area contributed by atoms with Crippen LogP contribution in [0.4, 0.5) is 5.95 Å². The van der Waals surface area contributed by atoms with Gasteiger partial charge in [0.2, 0.25) is 5.95 Å². The van der Waals surface area contributed by atoms with E-state index in [0.717, 1.165) is 25.8 Å². The molecule has 2 rings (SSSR count). The molecule has 0 spiro atoms. The zero-order chi connectivity index (χ0) is 18.6. The Hall–Kier alpha value is -2.09. The summed E-state index contributed by atoms with van der Waals surface area (Å²) in [7, 11) is 1.57. The lowest BCUT2D eigenvalue weighted by molar-refractivity contribution is 0.175. The number of H-pyrrole nitrogens is 1. The van der Waals surface area contributed by atoms with Crippen LogP contribution in [0.2, 0.25) is 0 Å². The molecular weight excluding hydrogens is 322 g/mol. The zero-order valence-corrected chi connectivity index (χ0v) is 15.5. The number of nitrogens with one attached hydrogen (secondary N) is 2. The van der Waals surface area contributed by atoms with Gasteiger partial charge in [-0.25, -0.2) is 4.79 Å². The number of hydrogen-bond acceptors (Lipinski definition) is 5. The summed E-state index contributed by atoms with van der Waals surface area (Å²) in [4.78, 5) is 30.8. The van der Waals surface area contributed by atoms with E-state index in [1.807, 2.05) is 0 Å². The smallest absolute Gasteiger partial charge is 0.329 e. The highest BCUT2D eigenvalue weighted by Gasteiger charge is 2.19. The maximum Gasteiger partial charge on any atom is 0.329 e. The largest absolute Gasteiger partial charge is 0.392 e. The first-order valence-electron chi connectivity index (χ1n) is 9.00. The van der Waals surface area contributed by atoms with Crippen LogP contribution in [-0.4, -0.2) is 36.9 Å². The Kier molecular flexibility index (Phi) is 6.41. The molecule has 0 aliphatic carbocycles. The van der Waals surface area contributed by atoms with Gasteiger partial charge in [0.1, 0.15) is 0 Å². The number of imidazole rings is 1. The van der Waals surface area contributed by atoms with E-state index in [4.69, 9.17) is 0 Å². The molecule has 2 aromatic heterocycles. The van der Waals surface area contributed by atoms with Crippen LogP contribution < -0.4 is 16.6 Å². The number of rotatable bonds is 9. The summed E-state index contributed by atoms with van der Waals surface area (Å²) in [5.41, 5.74) is -0.372. The summed E-state index contributed by atoms with van der Waals surface area (Å²) in [6.07, 6.45) is 3.89. The van der Waals surface area contributed by atoms with Crippen molar-refractivity contribution in [2.24, 2.45) is 13.0 Å². The molecule has 0 aliphatic rings. The van der Waals surface area contributed by atoms with Crippen LogP contribution in [0, 0.1) is 5.92 Å². The number of hydrogen-bond donors (Lipinski definition) is 3. The lowest BCUT2D eigenvalue weighted by atomic mass is 9.99. The van der Waals surface area contributed by atoms with Gasteiger partial charge in [0.25, 0.3) is 5.56 Å². The third kappa shape index (κ3) is 4.31. The second-order valence-electron chi connectivity index (χ2n) is 6.68. The van der Waals surface area contributed by atoms with Gasteiger partial charge in [0.05, 0.1) is 12.6 Å². The molecule has 0 radical (unpaired) electrons. The first-order chi connectivity index (χ1) is 11.9. The second kappa shape index (κ2) is 8.33. The zero-order valence-electron chi connectivity index (χ0n) is 15.5. The maximum absolute atomic E-state index is 12.3. The molecule has 2 atom stereocenters. The standard InChI is InChI=1S/C17H29N5O3/c1-5-7-8-12(6-2)9-18-16-19-14-13(22(16)10-11(3)23)15(24)20-17(25)21(14)4/h11-12,23H,5-10H2,1-4H3,(H,18,19)(H,20,24,25)/t11-,12+/m0/s1. The van der Waals surface area contributed by atoms with E-state index in [-0.39, 0.29) is 6.54 Å². The van der Waals surface area contributed by atoms with Crippen molar-refractivity contribution in [3.8, 4) is 0 Å². The summed E-state index contributed by atoms with van der Waals surface area (Å²) < 4.78 is 2.97. The van der Waals surface area contributed by atoms with Gasteiger partial charge in [-0.1, -0.05) is 33.1 Å². The first kappa shape index (κ1) is 19.2. The van der Waals surface area contributed by atoms with E-state index in [1.165, 1.54) is 11.0 Å². The highest BCUT2D eigenvalue weighted by Crippen LogP contribution is 2.18. The number of aromatic amines is 1. The van der Waals surface area contributed by atoms with Crippen molar-refractivity contribution in [1.29, 1.82) is 0 Å². The number of fused-ring (bicyclic) bond motifs is 1. The van der Waals surface area contributed by atoms with Crippen LogP contribution in [0.15, 0.2) is 9.59 Å². The van der Waals surface area contributed by atoms with Crippen molar-refractivity contribution in [3.63, 3.8) is 0 Å². The SMILES string of the molecule is CCCC[C@@H](CC)CNc1nc2c(c(=O)[nH]c(=O)n2C)n1C[C@H](C)O. The Bertz CT molecular complexity index is 818. The Morgan fingerprint density at radius 2 is 2.04 bits per heavy atom. The summed E-state index contributed by atoms with van der Waals surface area (Å²) in [5.74, 6) is 1.03. The molecule has 0 unspecified atom stereocenters. The molecule has 0 amide bonds. The Balaban J connectivity index is 2.41. The fraction of sp³-hybridized carbons (Fsp3) is 0.706. The number of aliphatic hydroxyl groups excluding tert-OH is 1. The molecule has 0 aromatic carbocycles.